The number of carbonyl (C=O) groups excluding carboxylic acids is 6. The fourth-order valence-corrected chi connectivity index (χ4v) is 10.2. The zero-order valence-electron chi connectivity index (χ0n) is 55.6. The third kappa shape index (κ3) is 32.8. The third-order valence-corrected chi connectivity index (χ3v) is 15.8. The van der Waals surface area contributed by atoms with Crippen molar-refractivity contribution < 1.29 is 122 Å². The first-order chi connectivity index (χ1) is 48.8. The van der Waals surface area contributed by atoms with Crippen molar-refractivity contribution in [3.05, 3.63) is 101 Å². The number of nitrogens with one attached hydrogen (secondary N) is 10. The number of unbranched alkanes of at least 4 members (excludes halogenated alkanes) is 2. The summed E-state index contributed by atoms with van der Waals surface area (Å²) in [6, 6.07) is 4.13. The number of amides is 9. The van der Waals surface area contributed by atoms with E-state index in [0.29, 0.717) is 54.6 Å². The average molecular weight is 1450 g/mol. The molecule has 0 bridgehead atoms. The number of carboxylic acids is 9. The van der Waals surface area contributed by atoms with Crippen LogP contribution in [0.5, 0.6) is 0 Å². The Kier molecular flexibility index (Phi) is 34.8. The van der Waals surface area contributed by atoms with Crippen LogP contribution in [0.1, 0.15) is 125 Å². The van der Waals surface area contributed by atoms with Crippen LogP contribution in [0.2, 0.25) is 0 Å². The molecule has 38 heteroatoms. The van der Waals surface area contributed by atoms with Crippen molar-refractivity contribution in [2.45, 2.75) is 177 Å². The highest BCUT2D eigenvalue weighted by atomic mass is 19.1. The summed E-state index contributed by atoms with van der Waals surface area (Å²) in [7, 11) is 0. The van der Waals surface area contributed by atoms with Crippen LogP contribution in [0.3, 0.4) is 0 Å². The van der Waals surface area contributed by atoms with E-state index >= 15 is 0 Å². The summed E-state index contributed by atoms with van der Waals surface area (Å²) in [6.45, 7) is 0.239. The minimum Gasteiger partial charge on any atom is -0.481 e. The van der Waals surface area contributed by atoms with Crippen LogP contribution in [0.15, 0.2) is 79.0 Å². The molecule has 0 aliphatic heterocycles. The van der Waals surface area contributed by atoms with E-state index in [2.05, 4.69) is 47.5 Å². The first-order valence-electron chi connectivity index (χ1n) is 32.4. The lowest BCUT2D eigenvalue weighted by Crippen LogP contribution is -2.51. The molecule has 9 amide bonds. The molecule has 0 aliphatic rings. The Bertz CT molecular complexity index is 3280. The Morgan fingerprint density at radius 2 is 0.709 bits per heavy atom. The van der Waals surface area contributed by atoms with E-state index in [1.54, 1.807) is 10.9 Å². The maximum absolute atomic E-state index is 14.0. The molecule has 37 nitrogen and oxygen atoms in total. The predicted molar refractivity (Wildman–Crippen MR) is 357 cm³/mol. The molecule has 0 radical (unpaired) electrons. The number of carboxylic acid groups (broad SMARTS) is 9. The zero-order valence-corrected chi connectivity index (χ0v) is 55.6. The normalized spacial score (nSPS) is 13.3. The van der Waals surface area contributed by atoms with Crippen molar-refractivity contribution in [1.29, 1.82) is 0 Å². The second kappa shape index (κ2) is 42.9. The molecule has 560 valence electrons. The fraction of sp³-hybridized carbons (Fsp3) is 0.462. The Morgan fingerprint density at radius 3 is 1.00 bits per heavy atom. The number of hydrogen-bond donors (Lipinski definition) is 19. The van der Waals surface area contributed by atoms with Gasteiger partial charge in [0.25, 0.3) is 0 Å². The van der Waals surface area contributed by atoms with Crippen molar-refractivity contribution in [1.82, 2.24) is 52.2 Å². The third-order valence-electron chi connectivity index (χ3n) is 15.8. The van der Waals surface area contributed by atoms with Crippen LogP contribution in [-0.2, 0) is 89.8 Å². The number of alkyl halides is 1. The first-order valence-corrected chi connectivity index (χ1v) is 32.4. The van der Waals surface area contributed by atoms with Gasteiger partial charge in [-0.25, -0.2) is 43.2 Å². The number of aryl methyl sites for hydroxylation is 2. The second-order valence-corrected chi connectivity index (χ2v) is 23.9. The summed E-state index contributed by atoms with van der Waals surface area (Å²) in [5.74, 6) is -14.8. The lowest BCUT2D eigenvalue weighted by Gasteiger charge is -2.35. The molecule has 3 aromatic carbocycles. The molecule has 0 saturated heterocycles. The largest absolute Gasteiger partial charge is 0.481 e. The molecular weight excluding hydrogens is 1370 g/mol. The van der Waals surface area contributed by atoms with Crippen molar-refractivity contribution >= 4 is 107 Å². The number of anilines is 3. The summed E-state index contributed by atoms with van der Waals surface area (Å²) in [4.78, 5) is 184. The van der Waals surface area contributed by atoms with Gasteiger partial charge in [-0.2, -0.15) is 0 Å². The zero-order chi connectivity index (χ0) is 76.2. The van der Waals surface area contributed by atoms with Gasteiger partial charge in [0.1, 0.15) is 36.3 Å². The summed E-state index contributed by atoms with van der Waals surface area (Å²) in [5.41, 5.74) is 1.19. The molecule has 0 saturated carbocycles. The highest BCUT2D eigenvalue weighted by Gasteiger charge is 2.33. The molecule has 0 fully saturated rings. The van der Waals surface area contributed by atoms with Crippen LogP contribution in [-0.4, -0.2) is 206 Å². The van der Waals surface area contributed by atoms with Gasteiger partial charge in [0.2, 0.25) is 17.7 Å². The number of nitrogens with zero attached hydrogens (tertiary/aromatic N) is 3. The Hall–Kier alpha value is -11.9. The maximum atomic E-state index is 14.0. The second-order valence-electron chi connectivity index (χ2n) is 23.9. The van der Waals surface area contributed by atoms with E-state index < -0.39 is 177 Å². The highest BCUT2D eigenvalue weighted by molar-refractivity contribution is 5.93. The lowest BCUT2D eigenvalue weighted by atomic mass is 9.83. The van der Waals surface area contributed by atoms with Gasteiger partial charge < -0.3 is 99.1 Å². The molecule has 4 aromatic rings. The molecule has 1 aromatic heterocycles. The smallest absolute Gasteiger partial charge is 0.326 e. The van der Waals surface area contributed by atoms with Gasteiger partial charge in [-0.3, -0.25) is 37.8 Å². The number of urea groups is 3. The number of hydrogen-bond acceptors (Lipinski definition) is 18. The number of rotatable bonds is 49. The SMILES string of the molecule is O=C(O)CCC(NC(=O)NC(Cc1ccc(NC(=O)CCC(CCC(=O)Nc2ccc(CC(NC(=O)NC(CCC(=O)O)C(=O)O)C(=O)O)cc2)(CCC(=O)Nc2ccc(CC(NC(=O)NC(CCC(=O)O)C(=O)O)C(=O)O)cc2)NCCCCCn2cc(CCCF)nn2)cc1)C(=O)O)C(=O)O. The predicted octanol–water partition coefficient (Wildman–Crippen LogP) is 2.77. The molecule has 6 atom stereocenters. The van der Waals surface area contributed by atoms with Gasteiger partial charge in [-0.05, 0) is 124 Å². The number of halogens is 1. The molecule has 19 N–H and O–H groups in total. The average Bonchev–Trinajstić information content (AvgIpc) is 1.51. The molecule has 4 rings (SSSR count). The van der Waals surface area contributed by atoms with Crippen LogP contribution >= 0.6 is 0 Å². The quantitative estimate of drug-likeness (QED) is 0.0283. The molecule has 0 spiro atoms. The molecule has 1 heterocycles. The van der Waals surface area contributed by atoms with Crippen molar-refractivity contribution in [2.75, 3.05) is 29.2 Å². The van der Waals surface area contributed by atoms with Crippen molar-refractivity contribution in [2.24, 2.45) is 0 Å². The van der Waals surface area contributed by atoms with E-state index in [-0.39, 0.29) is 87.8 Å². The number of aliphatic carboxylic acids is 9. The van der Waals surface area contributed by atoms with E-state index in [4.69, 9.17) is 15.3 Å². The summed E-state index contributed by atoms with van der Waals surface area (Å²) in [5, 5.41) is 118. The van der Waals surface area contributed by atoms with E-state index in [0.717, 1.165) is 0 Å². The van der Waals surface area contributed by atoms with E-state index in [1.165, 1.54) is 72.8 Å². The van der Waals surface area contributed by atoms with Gasteiger partial charge in [0.15, 0.2) is 0 Å². The van der Waals surface area contributed by atoms with Gasteiger partial charge >= 0.3 is 71.8 Å². The van der Waals surface area contributed by atoms with Crippen molar-refractivity contribution in [3.63, 3.8) is 0 Å². The lowest BCUT2D eigenvalue weighted by molar-refractivity contribution is -0.142. The Morgan fingerprint density at radius 1 is 0.398 bits per heavy atom. The number of carbonyl (C=O) groups is 15. The van der Waals surface area contributed by atoms with E-state index in [9.17, 15) is 107 Å². The summed E-state index contributed by atoms with van der Waals surface area (Å²) < 4.78 is 14.5. The van der Waals surface area contributed by atoms with Gasteiger partial charge in [0, 0.05) is 93.1 Å². The standard InChI is InChI=1S/C65H84FN13O24/c66-30-4-5-43-36-79(78-77-43)32-3-1-2-31-67-65(27-24-50(80)68-40-12-6-37(7-13-40)33-47(59(95)96)74-62(101)71-44(56(89)90)18-21-53(83)84,28-25-51(81)69-41-14-8-38(9-15-41)34-48(60(97)98)75-63(102)72-45(57(91)92)19-22-54(85)86)29-26-52(82)70-42-16-10-39(11-17-42)35-49(61(99)100)76-64(103)73-46(58(93)94)20-23-55(87)88/h6-17,36,44-49,67H,1-5,18-35H2,(H,68,80)(H,69,81)(H,70,82)(H,83,84)(H,85,86)(H,87,88)(H,89,90)(H,91,92)(H,93,94)(H,95,96)(H,97,98)(H,99,100)(H2,71,74,101)(H2,72,75,102)(H2,73,76,103). The maximum Gasteiger partial charge on any atom is 0.326 e. The summed E-state index contributed by atoms with van der Waals surface area (Å²) >= 11 is 0. The van der Waals surface area contributed by atoms with Crippen LogP contribution < -0.4 is 53.2 Å². The van der Waals surface area contributed by atoms with Gasteiger partial charge in [-0.15, -0.1) is 5.10 Å². The number of aromatic nitrogens is 3. The van der Waals surface area contributed by atoms with E-state index in [1.807, 2.05) is 16.0 Å². The summed E-state index contributed by atoms with van der Waals surface area (Å²) in [6.07, 6.45) is -0.787. The first kappa shape index (κ1) is 83.6. The molecular formula is C65H84FN13O24. The molecule has 0 aliphatic carbocycles. The van der Waals surface area contributed by atoms with Crippen LogP contribution in [0.4, 0.5) is 35.8 Å². The molecule has 6 unspecified atom stereocenters. The monoisotopic (exact) mass is 1450 g/mol. The van der Waals surface area contributed by atoms with Crippen molar-refractivity contribution in [3.8, 4) is 0 Å². The highest BCUT2D eigenvalue weighted by Crippen LogP contribution is 2.28. The number of benzene rings is 3. The fourth-order valence-electron chi connectivity index (χ4n) is 10.2. The minimum atomic E-state index is -1.64. The molecule has 103 heavy (non-hydrogen) atoms. The van der Waals surface area contributed by atoms with Crippen LogP contribution in [0, 0.1) is 0 Å². The Balaban J connectivity index is 1.59. The van der Waals surface area contributed by atoms with Gasteiger partial charge in [-0.1, -0.05) is 48.0 Å². The topological polar surface area (TPSA) is 589 Å². The van der Waals surface area contributed by atoms with Crippen LogP contribution in [0.25, 0.3) is 0 Å². The minimum absolute atomic E-state index is 0.0131. The van der Waals surface area contributed by atoms with Gasteiger partial charge in [0.05, 0.1) is 12.4 Å². The Labute approximate surface area is 586 Å².